The van der Waals surface area contributed by atoms with E-state index in [1.54, 1.807) is 0 Å². The van der Waals surface area contributed by atoms with E-state index in [0.717, 1.165) is 17.1 Å². The van der Waals surface area contributed by atoms with E-state index in [9.17, 15) is 24.0 Å². The zero-order chi connectivity index (χ0) is 12.6. The Bertz CT molecular complexity index is 429. The van der Waals surface area contributed by atoms with E-state index in [0.29, 0.717) is 0 Å². The molecule has 0 aliphatic carbocycles. The Labute approximate surface area is 126 Å². The van der Waals surface area contributed by atoms with E-state index in [4.69, 9.17) is 9.79 Å². The van der Waals surface area contributed by atoms with Crippen LogP contribution in [0.2, 0.25) is 0 Å². The number of hydrogen-bond acceptors (Lipinski definition) is 6. The molecule has 0 radical (unpaired) electrons. The van der Waals surface area contributed by atoms with Crippen LogP contribution in [0.4, 0.5) is 0 Å². The standard InChI is InChI=1S/C5H10N2O7P2.Ca/c8-5(15(9,10)11,16(12,13)14)3-7-2-1-6-4-7;/h1-2,4,8H,3H2,(H2,9,10,11)(H2,12,13,14);/q;+2/p-2. The van der Waals surface area contributed by atoms with Crippen LogP contribution in [0.5, 0.6) is 0 Å². The molecule has 0 amide bonds. The van der Waals surface area contributed by atoms with Gasteiger partial charge < -0.3 is 38.4 Å². The molecule has 0 spiro atoms. The fourth-order valence-corrected chi connectivity index (χ4v) is 2.93. The molecule has 0 aliphatic rings. The molecule has 1 aromatic rings. The van der Waals surface area contributed by atoms with Crippen LogP contribution in [0.1, 0.15) is 0 Å². The van der Waals surface area contributed by atoms with Crippen molar-refractivity contribution in [1.29, 1.82) is 0 Å². The summed E-state index contributed by atoms with van der Waals surface area (Å²) in [5.41, 5.74) is 0. The van der Waals surface area contributed by atoms with Gasteiger partial charge in [-0.25, -0.2) is 4.98 Å². The van der Waals surface area contributed by atoms with Crippen LogP contribution in [0.3, 0.4) is 0 Å². The van der Waals surface area contributed by atoms with E-state index < -0.39 is 26.8 Å². The summed E-state index contributed by atoms with van der Waals surface area (Å²) in [5, 5.41) is 5.69. The number of aliphatic hydroxyl groups is 1. The van der Waals surface area contributed by atoms with Crippen molar-refractivity contribution in [2.45, 2.75) is 11.6 Å². The molecule has 2 atom stereocenters. The molecule has 0 bridgehead atoms. The van der Waals surface area contributed by atoms with Gasteiger partial charge in [-0.2, -0.15) is 0 Å². The van der Waals surface area contributed by atoms with Crippen molar-refractivity contribution < 1.29 is 33.8 Å². The molecule has 0 saturated carbocycles. The SMILES string of the molecule is O=P([O-])(O)C(O)(Cn1ccnc1)P(=O)([O-])O.[Ca+2]. The zero-order valence-corrected chi connectivity index (χ0v) is 12.4. The monoisotopic (exact) mass is 310 g/mol. The van der Waals surface area contributed by atoms with Crippen LogP contribution < -0.4 is 9.79 Å². The Kier molecular flexibility index (Phi) is 6.04. The van der Waals surface area contributed by atoms with Crippen molar-refractivity contribution in [3.05, 3.63) is 18.7 Å². The molecule has 92 valence electrons. The molecule has 1 heterocycles. The largest absolute Gasteiger partial charge is 2.00 e. The topological polar surface area (TPSA) is 159 Å². The first-order valence-electron chi connectivity index (χ1n) is 3.84. The minimum absolute atomic E-state index is 0. The van der Waals surface area contributed by atoms with E-state index >= 15 is 0 Å². The maximum atomic E-state index is 10.8. The Morgan fingerprint density at radius 3 is 2.06 bits per heavy atom. The summed E-state index contributed by atoms with van der Waals surface area (Å²) < 4.78 is 22.5. The van der Waals surface area contributed by atoms with Gasteiger partial charge in [-0.3, -0.25) is 0 Å². The van der Waals surface area contributed by atoms with Crippen LogP contribution in [0, 0.1) is 0 Å². The predicted molar refractivity (Wildman–Crippen MR) is 52.6 cm³/mol. The van der Waals surface area contributed by atoms with Gasteiger partial charge in [0.25, 0.3) is 0 Å². The number of hydrogen-bond donors (Lipinski definition) is 3. The second-order valence-corrected chi connectivity index (χ2v) is 6.96. The Balaban J connectivity index is 0.00000256. The first kappa shape index (κ1) is 17.7. The first-order chi connectivity index (χ1) is 7.08. The average molecular weight is 310 g/mol. The number of rotatable bonds is 4. The molecule has 9 nitrogen and oxygen atoms in total. The molecular formula is C5H8CaN2O7P2. The van der Waals surface area contributed by atoms with Gasteiger partial charge in [0.05, 0.1) is 12.9 Å². The van der Waals surface area contributed by atoms with Gasteiger partial charge in [0.2, 0.25) is 5.08 Å². The maximum Gasteiger partial charge on any atom is 2.00 e. The van der Waals surface area contributed by atoms with Gasteiger partial charge in [0.1, 0.15) is 0 Å². The third kappa shape index (κ3) is 3.84. The Hall–Kier alpha value is 0.730. The van der Waals surface area contributed by atoms with E-state index in [2.05, 4.69) is 4.98 Å². The first-order valence-corrected chi connectivity index (χ1v) is 6.99. The summed E-state index contributed by atoms with van der Waals surface area (Å²) in [7, 11) is -11.4. The summed E-state index contributed by atoms with van der Waals surface area (Å²) in [5.74, 6) is 0. The zero-order valence-electron chi connectivity index (χ0n) is 8.41. The second-order valence-electron chi connectivity index (χ2n) is 3.05. The molecule has 17 heavy (non-hydrogen) atoms. The third-order valence-electron chi connectivity index (χ3n) is 1.86. The maximum absolute atomic E-state index is 10.8. The quantitative estimate of drug-likeness (QED) is 0.398. The predicted octanol–water partition coefficient (Wildman–Crippen LogP) is -2.76. The van der Waals surface area contributed by atoms with Crippen molar-refractivity contribution in [2.24, 2.45) is 0 Å². The van der Waals surface area contributed by atoms with Gasteiger partial charge in [-0.05, 0) is 0 Å². The summed E-state index contributed by atoms with van der Waals surface area (Å²) >= 11 is 0. The van der Waals surface area contributed by atoms with Crippen LogP contribution in [-0.4, -0.2) is 67.3 Å². The van der Waals surface area contributed by atoms with Gasteiger partial charge in [0.15, 0.2) is 15.2 Å². The van der Waals surface area contributed by atoms with Crippen LogP contribution in [-0.2, 0) is 15.7 Å². The number of aromatic nitrogens is 2. The van der Waals surface area contributed by atoms with Crippen molar-refractivity contribution in [3.63, 3.8) is 0 Å². The van der Waals surface area contributed by atoms with Crippen molar-refractivity contribution in [2.75, 3.05) is 0 Å². The van der Waals surface area contributed by atoms with Gasteiger partial charge in [-0.15, -0.1) is 0 Å². The van der Waals surface area contributed by atoms with E-state index in [-0.39, 0.29) is 37.7 Å². The van der Waals surface area contributed by atoms with Crippen molar-refractivity contribution >= 4 is 52.9 Å². The molecule has 1 rings (SSSR count). The molecule has 0 saturated heterocycles. The summed E-state index contributed by atoms with van der Waals surface area (Å²) in [6.45, 7) is -1.08. The molecule has 0 aliphatic heterocycles. The summed E-state index contributed by atoms with van der Waals surface area (Å²) in [4.78, 5) is 42.4. The van der Waals surface area contributed by atoms with Crippen LogP contribution in [0.15, 0.2) is 18.7 Å². The minimum Gasteiger partial charge on any atom is -0.776 e. The van der Waals surface area contributed by atoms with Crippen LogP contribution in [0.25, 0.3) is 0 Å². The molecule has 12 heteroatoms. The minimum atomic E-state index is -5.72. The summed E-state index contributed by atoms with van der Waals surface area (Å²) in [6, 6.07) is 0. The van der Waals surface area contributed by atoms with E-state index in [1.165, 1.54) is 6.20 Å². The molecule has 3 N–H and O–H groups in total. The van der Waals surface area contributed by atoms with Crippen LogP contribution >= 0.6 is 15.2 Å². The fraction of sp³-hybridized carbons (Fsp3) is 0.400. The second kappa shape index (κ2) is 5.79. The van der Waals surface area contributed by atoms with Gasteiger partial charge >= 0.3 is 37.7 Å². The molecule has 0 fully saturated rings. The molecular weight excluding hydrogens is 302 g/mol. The van der Waals surface area contributed by atoms with Gasteiger partial charge in [-0.1, -0.05) is 0 Å². The molecule has 0 aromatic carbocycles. The molecule has 1 aromatic heterocycles. The van der Waals surface area contributed by atoms with Crippen molar-refractivity contribution in [3.8, 4) is 0 Å². The Morgan fingerprint density at radius 2 is 1.76 bits per heavy atom. The van der Waals surface area contributed by atoms with E-state index in [1.807, 2.05) is 0 Å². The molecule has 2 unspecified atom stereocenters. The average Bonchev–Trinajstić information content (AvgIpc) is 2.52. The van der Waals surface area contributed by atoms with Gasteiger partial charge in [0, 0.05) is 12.4 Å². The number of imidazole rings is 1. The summed E-state index contributed by atoms with van der Waals surface area (Å²) in [6.07, 6.45) is 3.35. The fourth-order valence-electron chi connectivity index (χ4n) is 0.964. The normalized spacial score (nSPS) is 21.7. The number of nitrogens with zero attached hydrogens (tertiary/aromatic N) is 2. The smallest absolute Gasteiger partial charge is 0.776 e. The van der Waals surface area contributed by atoms with Crippen molar-refractivity contribution in [1.82, 2.24) is 9.55 Å². The Morgan fingerprint density at radius 1 is 1.29 bits per heavy atom. The third-order valence-corrected chi connectivity index (χ3v) is 5.47.